The van der Waals surface area contributed by atoms with Gasteiger partial charge in [0.05, 0.1) is 7.11 Å². The summed E-state index contributed by atoms with van der Waals surface area (Å²) in [7, 11) is 1.65. The zero-order valence-electron chi connectivity index (χ0n) is 20.8. The van der Waals surface area contributed by atoms with Crippen molar-refractivity contribution in [2.24, 2.45) is 0 Å². The molecule has 0 aliphatic rings. The van der Waals surface area contributed by atoms with Gasteiger partial charge in [-0.25, -0.2) is 4.98 Å². The normalized spacial score (nSPS) is 10.9. The number of rotatable bonds is 8. The van der Waals surface area contributed by atoms with E-state index < -0.39 is 0 Å². The van der Waals surface area contributed by atoms with Gasteiger partial charge in [-0.05, 0) is 67.8 Å². The Morgan fingerprint density at radius 2 is 1.27 bits per heavy atom. The molecule has 0 bridgehead atoms. The summed E-state index contributed by atoms with van der Waals surface area (Å²) in [5, 5.41) is 3.49. The van der Waals surface area contributed by atoms with Crippen molar-refractivity contribution in [3.8, 4) is 28.0 Å². The van der Waals surface area contributed by atoms with Crippen molar-refractivity contribution in [2.45, 2.75) is 28.2 Å². The molecule has 3 aromatic carbocycles. The maximum Gasteiger partial charge on any atom is 0.159 e. The van der Waals surface area contributed by atoms with E-state index in [1.54, 1.807) is 21.0 Å². The third-order valence-corrected chi connectivity index (χ3v) is 6.06. The molecule has 0 unspecified atom stereocenters. The Morgan fingerprint density at radius 1 is 0.757 bits per heavy atom. The number of allylic oxidation sites excluding steroid dienone is 1. The van der Waals surface area contributed by atoms with E-state index in [9.17, 15) is 9.59 Å². The van der Waals surface area contributed by atoms with Crippen LogP contribution in [0.4, 0.5) is 5.82 Å². The van der Waals surface area contributed by atoms with Gasteiger partial charge in [-0.3, -0.25) is 9.59 Å². The third kappa shape index (κ3) is 6.19. The van der Waals surface area contributed by atoms with E-state index in [0.29, 0.717) is 16.9 Å². The standard InChI is InChI=1S/C31H28N2O3.CH4/c1-5-30(26-14-16-28(36-4)17-15-26)33-31-29(25-12-8-23(9-13-25)21(3)35)18-27(19-32-31)24-10-6-22(7-11-24)20(2)34;/h5-19H,1-4H3,(H,32,33);1H4/b30-5-;. The minimum atomic E-state index is 0. The van der Waals surface area contributed by atoms with Crippen molar-refractivity contribution in [1.29, 1.82) is 0 Å². The molecule has 1 N–H and O–H groups in total. The molecule has 5 heteroatoms. The van der Waals surface area contributed by atoms with Gasteiger partial charge in [0.1, 0.15) is 11.6 Å². The zero-order valence-corrected chi connectivity index (χ0v) is 20.8. The van der Waals surface area contributed by atoms with Crippen LogP contribution in [-0.4, -0.2) is 23.7 Å². The highest BCUT2D eigenvalue weighted by Crippen LogP contribution is 2.33. The van der Waals surface area contributed by atoms with Gasteiger partial charge in [0, 0.05) is 34.1 Å². The average Bonchev–Trinajstić information content (AvgIpc) is 2.92. The molecule has 0 aliphatic heterocycles. The lowest BCUT2D eigenvalue weighted by Gasteiger charge is -2.16. The average molecular weight is 493 g/mol. The van der Waals surface area contributed by atoms with Crippen molar-refractivity contribution in [1.82, 2.24) is 4.98 Å². The van der Waals surface area contributed by atoms with Gasteiger partial charge in [-0.15, -0.1) is 0 Å². The molecule has 0 saturated heterocycles. The van der Waals surface area contributed by atoms with Crippen molar-refractivity contribution >= 4 is 23.1 Å². The van der Waals surface area contributed by atoms with E-state index in [-0.39, 0.29) is 19.0 Å². The van der Waals surface area contributed by atoms with E-state index in [0.717, 1.165) is 39.3 Å². The van der Waals surface area contributed by atoms with Crippen LogP contribution in [0.1, 0.15) is 54.5 Å². The van der Waals surface area contributed by atoms with E-state index in [2.05, 4.69) is 11.4 Å². The van der Waals surface area contributed by atoms with Crippen molar-refractivity contribution in [2.75, 3.05) is 12.4 Å². The van der Waals surface area contributed by atoms with E-state index >= 15 is 0 Å². The number of hydrogen-bond acceptors (Lipinski definition) is 5. The summed E-state index contributed by atoms with van der Waals surface area (Å²) in [6.07, 6.45) is 3.82. The van der Waals surface area contributed by atoms with E-state index in [1.165, 1.54) is 0 Å². The lowest BCUT2D eigenvalue weighted by molar-refractivity contribution is 0.100. The monoisotopic (exact) mass is 492 g/mol. The van der Waals surface area contributed by atoms with Crippen LogP contribution >= 0.6 is 0 Å². The van der Waals surface area contributed by atoms with Crippen molar-refractivity contribution < 1.29 is 14.3 Å². The molecule has 0 aliphatic carbocycles. The predicted molar refractivity (Wildman–Crippen MR) is 152 cm³/mol. The number of pyridine rings is 1. The highest BCUT2D eigenvalue weighted by molar-refractivity contribution is 5.96. The summed E-state index contributed by atoms with van der Waals surface area (Å²) >= 11 is 0. The summed E-state index contributed by atoms with van der Waals surface area (Å²) in [4.78, 5) is 28.3. The molecule has 1 heterocycles. The Labute approximate surface area is 218 Å². The Bertz CT molecular complexity index is 1420. The Hall–Kier alpha value is -4.51. The van der Waals surface area contributed by atoms with Crippen molar-refractivity contribution in [3.63, 3.8) is 0 Å². The number of hydrogen-bond donors (Lipinski definition) is 1. The molecule has 4 aromatic rings. The molecule has 0 fully saturated rings. The van der Waals surface area contributed by atoms with Crippen LogP contribution in [0.2, 0.25) is 0 Å². The lowest BCUT2D eigenvalue weighted by Crippen LogP contribution is -2.03. The molecular formula is C32H32N2O3. The van der Waals surface area contributed by atoms with Crippen LogP contribution in [0.15, 0.2) is 91.1 Å². The van der Waals surface area contributed by atoms with Gasteiger partial charge < -0.3 is 10.1 Å². The molecule has 0 saturated carbocycles. The molecule has 0 amide bonds. The van der Waals surface area contributed by atoms with Crippen LogP contribution in [0.5, 0.6) is 5.75 Å². The Balaban J connectivity index is 0.00000380. The highest BCUT2D eigenvalue weighted by atomic mass is 16.5. The molecule has 0 atom stereocenters. The van der Waals surface area contributed by atoms with E-state index in [4.69, 9.17) is 9.72 Å². The summed E-state index contributed by atoms with van der Waals surface area (Å²) in [6, 6.07) is 24.9. The van der Waals surface area contributed by atoms with Crippen LogP contribution in [0, 0.1) is 0 Å². The smallest absolute Gasteiger partial charge is 0.159 e. The molecule has 0 spiro atoms. The summed E-state index contributed by atoms with van der Waals surface area (Å²) in [5.41, 5.74) is 6.95. The van der Waals surface area contributed by atoms with Crippen LogP contribution < -0.4 is 10.1 Å². The number of aromatic nitrogens is 1. The Morgan fingerprint density at radius 3 is 1.76 bits per heavy atom. The Kier molecular flexibility index (Phi) is 8.75. The first-order valence-corrected chi connectivity index (χ1v) is 11.7. The van der Waals surface area contributed by atoms with Gasteiger partial charge in [0.25, 0.3) is 0 Å². The van der Waals surface area contributed by atoms with Gasteiger partial charge in [-0.1, -0.05) is 62.0 Å². The summed E-state index contributed by atoms with van der Waals surface area (Å²) in [6.45, 7) is 5.09. The van der Waals surface area contributed by atoms with Gasteiger partial charge in [0.2, 0.25) is 0 Å². The number of carbonyl (C=O) groups is 2. The fourth-order valence-corrected chi connectivity index (χ4v) is 3.93. The number of ketones is 2. The second-order valence-corrected chi connectivity index (χ2v) is 8.44. The predicted octanol–water partition coefficient (Wildman–Crippen LogP) is 7.94. The van der Waals surface area contributed by atoms with E-state index in [1.807, 2.05) is 92.0 Å². The number of nitrogens with zero attached hydrogens (tertiary/aromatic N) is 1. The quantitative estimate of drug-likeness (QED) is 0.253. The number of anilines is 1. The molecule has 4 rings (SSSR count). The van der Waals surface area contributed by atoms with Crippen LogP contribution in [0.25, 0.3) is 28.0 Å². The third-order valence-electron chi connectivity index (χ3n) is 6.06. The van der Waals surface area contributed by atoms with Gasteiger partial charge >= 0.3 is 0 Å². The highest BCUT2D eigenvalue weighted by Gasteiger charge is 2.13. The molecule has 37 heavy (non-hydrogen) atoms. The summed E-state index contributed by atoms with van der Waals surface area (Å²) in [5.74, 6) is 1.54. The first-order chi connectivity index (χ1) is 17.4. The zero-order chi connectivity index (χ0) is 25.7. The van der Waals surface area contributed by atoms with Crippen molar-refractivity contribution in [3.05, 3.63) is 108 Å². The first kappa shape index (κ1) is 27.1. The number of Topliss-reactive ketones (excluding diaryl/α,β-unsaturated/α-hetero) is 2. The second-order valence-electron chi connectivity index (χ2n) is 8.44. The molecule has 1 aromatic heterocycles. The maximum atomic E-state index is 11.8. The number of benzene rings is 3. The van der Waals surface area contributed by atoms with Crippen LogP contribution in [-0.2, 0) is 0 Å². The number of methoxy groups -OCH3 is 1. The largest absolute Gasteiger partial charge is 0.497 e. The molecule has 188 valence electrons. The SMILES string of the molecule is C.C/C=C(\Nc1ncc(-c2ccc(C(C)=O)cc2)cc1-c1ccc(C(C)=O)cc1)c1ccc(OC)cc1. The molecule has 5 nitrogen and oxygen atoms in total. The molecular weight excluding hydrogens is 460 g/mol. The fraction of sp³-hybridized carbons (Fsp3) is 0.156. The van der Waals surface area contributed by atoms with Gasteiger partial charge in [-0.2, -0.15) is 0 Å². The minimum Gasteiger partial charge on any atom is -0.497 e. The second kappa shape index (κ2) is 12.0. The lowest BCUT2D eigenvalue weighted by atomic mass is 9.98. The fourth-order valence-electron chi connectivity index (χ4n) is 3.93. The minimum absolute atomic E-state index is 0. The maximum absolute atomic E-state index is 11.8. The summed E-state index contributed by atoms with van der Waals surface area (Å²) < 4.78 is 5.28. The topological polar surface area (TPSA) is 68.3 Å². The number of carbonyl (C=O) groups excluding carboxylic acids is 2. The molecule has 0 radical (unpaired) electrons. The number of ether oxygens (including phenoxy) is 1. The number of nitrogens with one attached hydrogen (secondary N) is 1. The van der Waals surface area contributed by atoms with Gasteiger partial charge in [0.15, 0.2) is 11.6 Å². The van der Waals surface area contributed by atoms with Crippen LogP contribution in [0.3, 0.4) is 0 Å². The first-order valence-electron chi connectivity index (χ1n) is 11.7.